The molecule has 0 unspecified atom stereocenters. The Morgan fingerprint density at radius 2 is 2.07 bits per heavy atom. The highest BCUT2D eigenvalue weighted by molar-refractivity contribution is 7.89. The van der Waals surface area contributed by atoms with Crippen LogP contribution in [-0.2, 0) is 15.4 Å². The summed E-state index contributed by atoms with van der Waals surface area (Å²) in [7, 11) is -3.72. The maximum atomic E-state index is 14.8. The number of aryl methyl sites for hydroxylation is 3. The molecule has 4 rings (SSSR count). The molecule has 1 saturated carbocycles. The summed E-state index contributed by atoms with van der Waals surface area (Å²) >= 11 is 0. The van der Waals surface area contributed by atoms with Crippen molar-refractivity contribution in [2.24, 2.45) is 5.92 Å². The van der Waals surface area contributed by atoms with Crippen LogP contribution in [0.4, 0.5) is 4.39 Å². The molecule has 3 atom stereocenters. The smallest absolute Gasteiger partial charge is 0.244 e. The quantitative estimate of drug-likeness (QED) is 0.773. The number of benzene rings is 1. The van der Waals surface area contributed by atoms with Crippen LogP contribution in [-0.4, -0.2) is 21.1 Å². The summed E-state index contributed by atoms with van der Waals surface area (Å²) in [5, 5.41) is 0. The maximum Gasteiger partial charge on any atom is 0.244 e. The summed E-state index contributed by atoms with van der Waals surface area (Å²) < 4.78 is 54.5. The number of sulfonamides is 1. The fourth-order valence-electron chi connectivity index (χ4n) is 4.78. The second kappa shape index (κ2) is 6.89. The molecule has 7 heteroatoms. The number of ether oxygens (including phenoxy) is 1. The van der Waals surface area contributed by atoms with Crippen molar-refractivity contribution < 1.29 is 22.0 Å². The normalized spacial score (nSPS) is 26.2. The van der Waals surface area contributed by atoms with Crippen molar-refractivity contribution in [3.05, 3.63) is 46.7 Å². The Bertz CT molecular complexity index is 1110. The molecule has 0 bridgehead atoms. The van der Waals surface area contributed by atoms with Gasteiger partial charge in [-0.15, -0.1) is 6.42 Å². The Labute approximate surface area is 170 Å². The van der Waals surface area contributed by atoms with Crippen molar-refractivity contribution in [2.45, 2.75) is 56.4 Å². The molecular formula is C22H24FNO4S. The van der Waals surface area contributed by atoms with Crippen LogP contribution in [0.5, 0.6) is 5.75 Å². The summed E-state index contributed by atoms with van der Waals surface area (Å²) in [5.41, 5.74) is 0.510. The van der Waals surface area contributed by atoms with Gasteiger partial charge in [0.1, 0.15) is 28.0 Å². The van der Waals surface area contributed by atoms with Crippen LogP contribution in [0.2, 0.25) is 0 Å². The van der Waals surface area contributed by atoms with Crippen LogP contribution < -0.4 is 9.46 Å². The van der Waals surface area contributed by atoms with Gasteiger partial charge in [0.25, 0.3) is 0 Å². The SMILES string of the molecule is C#C[C@@]12CC[C@@H](NS(=O)(=O)c3cc(C)oc3C)C[C@@H]1COc1c(C)ccc(F)c12. The highest BCUT2D eigenvalue weighted by Gasteiger charge is 2.50. The van der Waals surface area contributed by atoms with Gasteiger partial charge >= 0.3 is 0 Å². The highest BCUT2D eigenvalue weighted by Crippen LogP contribution is 2.51. The van der Waals surface area contributed by atoms with Crippen LogP contribution in [0.1, 0.15) is 41.9 Å². The van der Waals surface area contributed by atoms with Gasteiger partial charge in [-0.05, 0) is 57.7 Å². The first-order valence-corrected chi connectivity index (χ1v) is 11.2. The van der Waals surface area contributed by atoms with Crippen molar-refractivity contribution >= 4 is 10.0 Å². The molecule has 154 valence electrons. The zero-order valence-electron chi connectivity index (χ0n) is 16.7. The van der Waals surface area contributed by atoms with Crippen LogP contribution in [0.25, 0.3) is 0 Å². The number of hydrogen-bond donors (Lipinski definition) is 1. The van der Waals surface area contributed by atoms with E-state index in [4.69, 9.17) is 15.6 Å². The number of halogens is 1. The van der Waals surface area contributed by atoms with Crippen LogP contribution >= 0.6 is 0 Å². The number of fused-ring (bicyclic) bond motifs is 3. The molecule has 5 nitrogen and oxygen atoms in total. The van der Waals surface area contributed by atoms with E-state index in [1.807, 2.05) is 6.92 Å². The summed E-state index contributed by atoms with van der Waals surface area (Å²) in [6, 6.07) is 4.33. The fraction of sp³-hybridized carbons (Fsp3) is 0.455. The maximum absolute atomic E-state index is 14.8. The van der Waals surface area contributed by atoms with Gasteiger partial charge in [-0.3, -0.25) is 0 Å². The summed E-state index contributed by atoms with van der Waals surface area (Å²) in [5.74, 6) is 3.75. The lowest BCUT2D eigenvalue weighted by Gasteiger charge is -2.47. The number of terminal acetylenes is 1. The summed E-state index contributed by atoms with van der Waals surface area (Å²) in [4.78, 5) is 0.149. The standard InChI is InChI=1S/C22H24FNO4S/c1-5-22-9-8-17(24-29(25,26)19-10-14(3)28-15(19)4)11-16(22)12-27-21-13(2)6-7-18(23)20(21)22/h1,6-7,10,16-17,24H,8-9,11-12H2,2-4H3/t16-,17-,22-/m1/s1. The van der Waals surface area contributed by atoms with Crippen molar-refractivity contribution in [3.63, 3.8) is 0 Å². The molecule has 0 radical (unpaired) electrons. The van der Waals surface area contributed by atoms with Crippen molar-refractivity contribution in [3.8, 4) is 18.1 Å². The van der Waals surface area contributed by atoms with Gasteiger partial charge in [-0.25, -0.2) is 17.5 Å². The van der Waals surface area contributed by atoms with Crippen molar-refractivity contribution in [2.75, 3.05) is 6.61 Å². The molecule has 29 heavy (non-hydrogen) atoms. The fourth-order valence-corrected chi connectivity index (χ4v) is 6.30. The van der Waals surface area contributed by atoms with E-state index < -0.39 is 15.4 Å². The Morgan fingerprint density at radius 3 is 2.72 bits per heavy atom. The number of hydrogen-bond acceptors (Lipinski definition) is 4. The minimum atomic E-state index is -3.72. The van der Waals surface area contributed by atoms with E-state index in [0.717, 1.165) is 5.56 Å². The van der Waals surface area contributed by atoms with E-state index in [0.29, 0.717) is 48.7 Å². The Hall–Kier alpha value is -2.30. The predicted molar refractivity (Wildman–Crippen MR) is 107 cm³/mol. The van der Waals surface area contributed by atoms with Crippen molar-refractivity contribution in [1.29, 1.82) is 0 Å². The molecule has 1 fully saturated rings. The highest BCUT2D eigenvalue weighted by atomic mass is 32.2. The molecule has 2 aliphatic rings. The molecule has 1 aromatic heterocycles. The second-order valence-corrected chi connectivity index (χ2v) is 9.74. The molecule has 0 amide bonds. The minimum Gasteiger partial charge on any atom is -0.492 e. The Balaban J connectivity index is 1.62. The third-order valence-electron chi connectivity index (χ3n) is 6.20. The zero-order chi connectivity index (χ0) is 21.0. The van der Waals surface area contributed by atoms with Crippen molar-refractivity contribution in [1.82, 2.24) is 4.72 Å². The number of furan rings is 1. The molecule has 1 aromatic carbocycles. The van der Waals surface area contributed by atoms with E-state index in [2.05, 4.69) is 10.6 Å². The van der Waals surface area contributed by atoms with Gasteiger partial charge in [-0.1, -0.05) is 12.0 Å². The topological polar surface area (TPSA) is 68.5 Å². The molecule has 2 heterocycles. The first-order chi connectivity index (χ1) is 13.7. The van der Waals surface area contributed by atoms with Gasteiger partial charge in [0.2, 0.25) is 10.0 Å². The summed E-state index contributed by atoms with van der Waals surface area (Å²) in [6.07, 6.45) is 7.43. The number of rotatable bonds is 3. The van der Waals surface area contributed by atoms with Crippen LogP contribution in [0, 0.1) is 44.9 Å². The predicted octanol–water partition coefficient (Wildman–Crippen LogP) is 3.75. The Morgan fingerprint density at radius 1 is 1.31 bits per heavy atom. The van der Waals surface area contributed by atoms with Gasteiger partial charge in [0.15, 0.2) is 0 Å². The molecule has 1 aliphatic heterocycles. The van der Waals surface area contributed by atoms with Gasteiger partial charge in [-0.2, -0.15) is 0 Å². The molecule has 0 saturated heterocycles. The minimum absolute atomic E-state index is 0.149. The van der Waals surface area contributed by atoms with E-state index >= 15 is 0 Å². The third-order valence-corrected chi connectivity index (χ3v) is 7.82. The average Bonchev–Trinajstić information content (AvgIpc) is 3.03. The molecule has 1 N–H and O–H groups in total. The molecule has 1 aliphatic carbocycles. The van der Waals surface area contributed by atoms with Crippen LogP contribution in [0.15, 0.2) is 27.5 Å². The largest absolute Gasteiger partial charge is 0.492 e. The van der Waals surface area contributed by atoms with E-state index in [9.17, 15) is 12.8 Å². The lowest BCUT2D eigenvalue weighted by Crippen LogP contribution is -2.51. The molecule has 0 spiro atoms. The van der Waals surface area contributed by atoms with Gasteiger partial charge in [0, 0.05) is 17.5 Å². The average molecular weight is 418 g/mol. The zero-order valence-corrected chi connectivity index (χ0v) is 17.5. The molecule has 2 aromatic rings. The second-order valence-electron chi connectivity index (χ2n) is 8.06. The van der Waals surface area contributed by atoms with Crippen LogP contribution in [0.3, 0.4) is 0 Å². The summed E-state index contributed by atoms with van der Waals surface area (Å²) in [6.45, 7) is 5.55. The lowest BCUT2D eigenvalue weighted by atomic mass is 9.60. The monoisotopic (exact) mass is 417 g/mol. The van der Waals surface area contributed by atoms with Gasteiger partial charge in [0.05, 0.1) is 12.0 Å². The first-order valence-electron chi connectivity index (χ1n) is 9.67. The van der Waals surface area contributed by atoms with E-state index in [1.165, 1.54) is 12.1 Å². The Kier molecular flexibility index (Phi) is 4.75. The number of nitrogens with one attached hydrogen (secondary N) is 1. The first kappa shape index (κ1) is 20.0. The van der Waals surface area contributed by atoms with E-state index in [-0.39, 0.29) is 22.7 Å². The molecular weight excluding hydrogens is 393 g/mol. The third kappa shape index (κ3) is 3.15. The van der Waals surface area contributed by atoms with Gasteiger partial charge < -0.3 is 9.15 Å². The lowest BCUT2D eigenvalue weighted by molar-refractivity contribution is 0.105. The van der Waals surface area contributed by atoms with E-state index in [1.54, 1.807) is 19.9 Å².